The van der Waals surface area contributed by atoms with Crippen molar-refractivity contribution in [1.82, 2.24) is 10.1 Å². The topological polar surface area (TPSA) is 94.3 Å². The first-order valence-electron chi connectivity index (χ1n) is 7.08. The van der Waals surface area contributed by atoms with Crippen LogP contribution in [0.25, 0.3) is 0 Å². The summed E-state index contributed by atoms with van der Waals surface area (Å²) in [5, 5.41) is 6.81. The van der Waals surface area contributed by atoms with E-state index in [4.69, 9.17) is 32.5 Å². The highest BCUT2D eigenvalue weighted by molar-refractivity contribution is 6.36. The second-order valence-electron chi connectivity index (χ2n) is 4.92. The van der Waals surface area contributed by atoms with E-state index < -0.39 is 18.5 Å². The van der Waals surface area contributed by atoms with Crippen LogP contribution in [0.15, 0.2) is 10.6 Å². The molecule has 1 amide bonds. The van der Waals surface area contributed by atoms with Crippen LogP contribution in [0, 0.1) is 13.8 Å². The van der Waals surface area contributed by atoms with Crippen molar-refractivity contribution in [1.29, 1.82) is 0 Å². The van der Waals surface area contributed by atoms with Crippen molar-refractivity contribution < 1.29 is 18.8 Å². The number of nitrogens with zero attached hydrogens (tertiary/aromatic N) is 2. The van der Waals surface area contributed by atoms with Gasteiger partial charge in [0.15, 0.2) is 12.4 Å². The summed E-state index contributed by atoms with van der Waals surface area (Å²) in [6, 6.07) is 1.47. The molecule has 0 atom stereocenters. The Morgan fingerprint density at radius 3 is 2.67 bits per heavy atom. The van der Waals surface area contributed by atoms with Crippen LogP contribution in [0.5, 0.6) is 0 Å². The summed E-state index contributed by atoms with van der Waals surface area (Å²) in [5.41, 5.74) is 1.24. The molecule has 0 fully saturated rings. The third-order valence-corrected chi connectivity index (χ3v) is 3.84. The molecule has 0 aliphatic rings. The lowest BCUT2D eigenvalue weighted by Crippen LogP contribution is -2.22. The van der Waals surface area contributed by atoms with Gasteiger partial charge >= 0.3 is 5.97 Å². The Labute approximate surface area is 148 Å². The molecule has 0 bridgehead atoms. The minimum Gasteiger partial charge on any atom is -0.452 e. The van der Waals surface area contributed by atoms with Gasteiger partial charge in [-0.1, -0.05) is 35.3 Å². The number of aryl methyl sites for hydroxylation is 3. The maximum atomic E-state index is 12.1. The molecule has 0 saturated carbocycles. The molecular weight excluding hydrogens is 357 g/mol. The zero-order valence-electron chi connectivity index (χ0n) is 13.3. The summed E-state index contributed by atoms with van der Waals surface area (Å²) < 4.78 is 9.95. The lowest BCUT2D eigenvalue weighted by Gasteiger charge is -2.09. The van der Waals surface area contributed by atoms with Crippen LogP contribution in [0.4, 0.5) is 5.82 Å². The van der Waals surface area contributed by atoms with Crippen molar-refractivity contribution in [3.8, 4) is 0 Å². The molecule has 0 aliphatic heterocycles. The number of halogens is 2. The molecule has 0 aromatic carbocycles. The maximum Gasteiger partial charge on any atom is 0.344 e. The number of carbonyl (C=O) groups is 2. The van der Waals surface area contributed by atoms with Crippen LogP contribution < -0.4 is 5.32 Å². The number of pyridine rings is 1. The van der Waals surface area contributed by atoms with Gasteiger partial charge in [-0.05, 0) is 26.3 Å². The van der Waals surface area contributed by atoms with E-state index in [2.05, 4.69) is 15.5 Å². The summed E-state index contributed by atoms with van der Waals surface area (Å²) >= 11 is 11.8. The van der Waals surface area contributed by atoms with Crippen molar-refractivity contribution in [2.45, 2.75) is 27.2 Å². The Hall–Kier alpha value is -2.12. The third-order valence-electron chi connectivity index (χ3n) is 3.17. The van der Waals surface area contributed by atoms with Crippen LogP contribution in [0.1, 0.15) is 34.4 Å². The lowest BCUT2D eigenvalue weighted by molar-refractivity contribution is -0.119. The van der Waals surface area contributed by atoms with Crippen molar-refractivity contribution >= 4 is 40.9 Å². The van der Waals surface area contributed by atoms with Crippen molar-refractivity contribution in [2.75, 3.05) is 11.9 Å². The first-order chi connectivity index (χ1) is 11.3. The van der Waals surface area contributed by atoms with Crippen LogP contribution in [0.3, 0.4) is 0 Å². The SMILES string of the molecule is CCc1noc(C)c1C(=O)OCC(=O)Nc1nc(C)c(Cl)cc1Cl. The number of carbonyl (C=O) groups excluding carboxylic acids is 2. The molecular formula is C15H15Cl2N3O4. The molecule has 7 nitrogen and oxygen atoms in total. The lowest BCUT2D eigenvalue weighted by atomic mass is 10.1. The highest BCUT2D eigenvalue weighted by Crippen LogP contribution is 2.25. The van der Waals surface area contributed by atoms with Gasteiger partial charge in [-0.2, -0.15) is 0 Å². The average Bonchev–Trinajstić information content (AvgIpc) is 2.91. The summed E-state index contributed by atoms with van der Waals surface area (Å²) in [6.07, 6.45) is 0.511. The molecule has 1 N–H and O–H groups in total. The van der Waals surface area contributed by atoms with Crippen LogP contribution in [-0.4, -0.2) is 28.6 Å². The van der Waals surface area contributed by atoms with Crippen LogP contribution in [-0.2, 0) is 16.0 Å². The van der Waals surface area contributed by atoms with Crippen molar-refractivity contribution in [2.24, 2.45) is 0 Å². The Morgan fingerprint density at radius 1 is 1.29 bits per heavy atom. The van der Waals surface area contributed by atoms with E-state index in [-0.39, 0.29) is 16.4 Å². The fourth-order valence-corrected chi connectivity index (χ4v) is 2.34. The van der Waals surface area contributed by atoms with E-state index >= 15 is 0 Å². The zero-order chi connectivity index (χ0) is 17.9. The van der Waals surface area contributed by atoms with Crippen molar-refractivity contribution in [3.05, 3.63) is 38.8 Å². The molecule has 0 aliphatic carbocycles. The fourth-order valence-electron chi connectivity index (χ4n) is 1.94. The molecule has 9 heteroatoms. The highest BCUT2D eigenvalue weighted by Gasteiger charge is 2.21. The summed E-state index contributed by atoms with van der Waals surface area (Å²) in [4.78, 5) is 28.1. The minimum absolute atomic E-state index is 0.148. The number of amides is 1. The van der Waals surface area contributed by atoms with Gasteiger partial charge in [-0.3, -0.25) is 4.79 Å². The van der Waals surface area contributed by atoms with E-state index in [0.717, 1.165) is 0 Å². The average molecular weight is 372 g/mol. The predicted octanol–water partition coefficient (Wildman–Crippen LogP) is 3.35. The molecule has 0 radical (unpaired) electrons. The van der Waals surface area contributed by atoms with Crippen LogP contribution in [0.2, 0.25) is 10.0 Å². The first-order valence-corrected chi connectivity index (χ1v) is 7.83. The van der Waals surface area contributed by atoms with Gasteiger partial charge in [-0.25, -0.2) is 9.78 Å². The molecule has 128 valence electrons. The molecule has 24 heavy (non-hydrogen) atoms. The van der Waals surface area contributed by atoms with Crippen molar-refractivity contribution in [3.63, 3.8) is 0 Å². The first kappa shape index (κ1) is 18.2. The molecule has 0 spiro atoms. The Balaban J connectivity index is 2.00. The number of hydrogen-bond acceptors (Lipinski definition) is 6. The Morgan fingerprint density at radius 2 is 2.00 bits per heavy atom. The molecule has 0 unspecified atom stereocenters. The van der Waals surface area contributed by atoms with Gasteiger partial charge < -0.3 is 14.6 Å². The maximum absolute atomic E-state index is 12.1. The second-order valence-corrected chi connectivity index (χ2v) is 5.74. The smallest absolute Gasteiger partial charge is 0.344 e. The van der Waals surface area contributed by atoms with Crippen LogP contribution >= 0.6 is 23.2 Å². The highest BCUT2D eigenvalue weighted by atomic mass is 35.5. The summed E-state index contributed by atoms with van der Waals surface area (Å²) in [7, 11) is 0. The van der Waals surface area contributed by atoms with Gasteiger partial charge in [0.1, 0.15) is 11.3 Å². The fraction of sp³-hybridized carbons (Fsp3) is 0.333. The molecule has 2 rings (SSSR count). The van der Waals surface area contributed by atoms with Gasteiger partial charge in [0.2, 0.25) is 0 Å². The van der Waals surface area contributed by atoms with E-state index in [0.29, 0.717) is 28.6 Å². The van der Waals surface area contributed by atoms with Gasteiger partial charge in [0.25, 0.3) is 5.91 Å². The minimum atomic E-state index is -0.674. The zero-order valence-corrected chi connectivity index (χ0v) is 14.8. The molecule has 2 heterocycles. The quantitative estimate of drug-likeness (QED) is 0.809. The molecule has 2 aromatic rings. The standard InChI is InChI=1S/C15H15Cl2N3O4/c1-4-11-13(8(3)24-20-11)15(22)23-6-12(21)19-14-10(17)5-9(16)7(2)18-14/h5H,4,6H2,1-3H3,(H,18,19,21). The summed E-state index contributed by atoms with van der Waals surface area (Å²) in [5.74, 6) is -0.760. The molecule has 0 saturated heterocycles. The number of aromatic nitrogens is 2. The van der Waals surface area contributed by atoms with Gasteiger partial charge in [-0.15, -0.1) is 0 Å². The summed E-state index contributed by atoms with van der Waals surface area (Å²) in [6.45, 7) is 4.61. The van der Waals surface area contributed by atoms with E-state index in [1.807, 2.05) is 6.92 Å². The number of esters is 1. The third kappa shape index (κ3) is 4.04. The van der Waals surface area contributed by atoms with Gasteiger partial charge in [0.05, 0.1) is 21.4 Å². The van der Waals surface area contributed by atoms with E-state index in [9.17, 15) is 9.59 Å². The van der Waals surface area contributed by atoms with E-state index in [1.54, 1.807) is 13.8 Å². The number of hydrogen-bond donors (Lipinski definition) is 1. The number of nitrogens with one attached hydrogen (secondary N) is 1. The Kier molecular flexibility index (Phi) is 5.80. The van der Waals surface area contributed by atoms with E-state index in [1.165, 1.54) is 6.07 Å². The Bertz CT molecular complexity index is 789. The monoisotopic (exact) mass is 371 g/mol. The largest absolute Gasteiger partial charge is 0.452 e. The molecule has 2 aromatic heterocycles. The predicted molar refractivity (Wildman–Crippen MR) is 88.5 cm³/mol. The second kappa shape index (κ2) is 7.63. The van der Waals surface area contributed by atoms with Gasteiger partial charge in [0, 0.05) is 0 Å². The normalized spacial score (nSPS) is 10.5. The number of ether oxygens (including phenoxy) is 1. The number of rotatable bonds is 5. The number of anilines is 1.